The quantitative estimate of drug-likeness (QED) is 0.742. The van der Waals surface area contributed by atoms with Gasteiger partial charge in [-0.3, -0.25) is 4.79 Å². The second-order valence-electron chi connectivity index (χ2n) is 6.73. The normalized spacial score (nSPS) is 16.5. The van der Waals surface area contributed by atoms with Crippen LogP contribution in [0.1, 0.15) is 22.6 Å². The molecule has 1 amide bonds. The molecule has 2 aromatic rings. The van der Waals surface area contributed by atoms with Gasteiger partial charge in [0, 0.05) is 34.7 Å². The third-order valence-electron chi connectivity index (χ3n) is 4.56. The zero-order chi connectivity index (χ0) is 20.3. The average Bonchev–Trinajstić information content (AvgIpc) is 2.62. The van der Waals surface area contributed by atoms with Gasteiger partial charge in [-0.05, 0) is 41.9 Å². The summed E-state index contributed by atoms with van der Waals surface area (Å²) in [6.45, 7) is 0.609. The summed E-state index contributed by atoms with van der Waals surface area (Å²) in [5.74, 6) is -1.56. The molecular weight excluding hydrogens is 403 g/mol. The van der Waals surface area contributed by atoms with Crippen molar-refractivity contribution >= 4 is 40.8 Å². The Kier molecular flexibility index (Phi) is 6.57. The number of benzene rings is 2. The summed E-state index contributed by atoms with van der Waals surface area (Å²) in [4.78, 5) is 24.9. The molecule has 1 aliphatic heterocycles. The van der Waals surface area contributed by atoms with Crippen molar-refractivity contribution in [3.05, 3.63) is 63.1 Å². The van der Waals surface area contributed by atoms with Crippen LogP contribution in [0.2, 0.25) is 10.0 Å². The Hall–Kier alpha value is -2.12. The van der Waals surface area contributed by atoms with E-state index in [0.717, 1.165) is 29.8 Å². The predicted octanol–water partition coefficient (Wildman–Crippen LogP) is 3.61. The minimum Gasteiger partial charge on any atom is -0.480 e. The fraction of sp³-hybridized carbons (Fsp3) is 0.300. The lowest BCUT2D eigenvalue weighted by molar-refractivity contribution is -0.143. The number of carbonyl (C=O) groups is 2. The van der Waals surface area contributed by atoms with Gasteiger partial charge in [-0.25, -0.2) is 4.79 Å². The minimum atomic E-state index is -1.12. The highest BCUT2D eigenvalue weighted by atomic mass is 35.5. The Balaban J connectivity index is 1.89. The molecule has 1 atom stereocenters. The van der Waals surface area contributed by atoms with Crippen molar-refractivity contribution in [2.24, 2.45) is 0 Å². The number of fused-ring (bicyclic) bond motifs is 1. The van der Waals surface area contributed by atoms with Crippen LogP contribution in [0.3, 0.4) is 0 Å². The number of amides is 1. The average molecular weight is 423 g/mol. The van der Waals surface area contributed by atoms with E-state index in [2.05, 4.69) is 10.2 Å². The zero-order valence-corrected chi connectivity index (χ0v) is 16.8. The number of carboxylic acids is 1. The Morgan fingerprint density at radius 1 is 1.21 bits per heavy atom. The number of nitrogens with one attached hydrogen (secondary N) is 1. The molecule has 8 heteroatoms. The van der Waals surface area contributed by atoms with Crippen molar-refractivity contribution in [3.63, 3.8) is 0 Å². The van der Waals surface area contributed by atoms with Gasteiger partial charge in [-0.15, -0.1) is 0 Å². The molecule has 0 saturated carbocycles. The molecule has 28 heavy (non-hydrogen) atoms. The molecule has 2 aromatic carbocycles. The first-order chi connectivity index (χ1) is 13.3. The maximum atomic E-state index is 12.2. The van der Waals surface area contributed by atoms with E-state index in [0.29, 0.717) is 15.7 Å². The highest BCUT2D eigenvalue weighted by Crippen LogP contribution is 2.40. The Bertz CT molecular complexity index is 904. The molecule has 2 N–H and O–H groups in total. The molecule has 0 saturated heterocycles. The molecule has 0 aliphatic carbocycles. The van der Waals surface area contributed by atoms with Gasteiger partial charge in [0.1, 0.15) is 13.2 Å². The number of hydrogen-bond donors (Lipinski definition) is 2. The van der Waals surface area contributed by atoms with Gasteiger partial charge in [0.2, 0.25) is 5.91 Å². The van der Waals surface area contributed by atoms with E-state index in [1.165, 1.54) is 0 Å². The summed E-state index contributed by atoms with van der Waals surface area (Å²) >= 11 is 12.7. The van der Waals surface area contributed by atoms with Crippen molar-refractivity contribution in [2.75, 3.05) is 32.1 Å². The molecule has 0 fully saturated rings. The molecule has 3 rings (SSSR count). The number of rotatable bonds is 6. The van der Waals surface area contributed by atoms with Crippen LogP contribution in [0.5, 0.6) is 0 Å². The molecule has 1 heterocycles. The molecular formula is C20H20Cl2N2O4. The van der Waals surface area contributed by atoms with Crippen LogP contribution in [-0.2, 0) is 20.9 Å². The van der Waals surface area contributed by atoms with Crippen LogP contribution >= 0.6 is 23.2 Å². The molecule has 6 nitrogen and oxygen atoms in total. The van der Waals surface area contributed by atoms with E-state index in [1.54, 1.807) is 6.07 Å². The maximum Gasteiger partial charge on any atom is 0.329 e. The number of carboxylic acid groups (broad SMARTS) is 1. The van der Waals surface area contributed by atoms with Gasteiger partial charge >= 0.3 is 5.97 Å². The van der Waals surface area contributed by atoms with Crippen molar-refractivity contribution in [1.29, 1.82) is 0 Å². The fourth-order valence-corrected chi connectivity index (χ4v) is 4.01. The molecule has 0 bridgehead atoms. The van der Waals surface area contributed by atoms with E-state index in [4.69, 9.17) is 33.0 Å². The van der Waals surface area contributed by atoms with E-state index in [-0.39, 0.29) is 12.5 Å². The van der Waals surface area contributed by atoms with Gasteiger partial charge in [-0.1, -0.05) is 41.4 Å². The number of para-hydroxylation sites is 1. The topological polar surface area (TPSA) is 78.9 Å². The van der Waals surface area contributed by atoms with Crippen LogP contribution in [0, 0.1) is 0 Å². The molecule has 0 aromatic heterocycles. The SMILES string of the molecule is CN1Cc2c(Cl)cc(Cl)cc2[C@H](c2ccccc2NC(=O)COCC(=O)O)C1. The standard InChI is InChI=1S/C20H20Cl2N2O4/c1-24-8-15(14-6-12(21)7-17(22)16(14)9-24)13-4-2-3-5-18(13)23-19(25)10-28-11-20(26)27/h2-7,15H,8-11H2,1H3,(H,23,25)(H,26,27)/t15-/m0/s1. The van der Waals surface area contributed by atoms with Crippen LogP contribution in [-0.4, -0.2) is 48.7 Å². The maximum absolute atomic E-state index is 12.2. The number of aliphatic carboxylic acids is 1. The summed E-state index contributed by atoms with van der Waals surface area (Å²) in [7, 11) is 2.02. The van der Waals surface area contributed by atoms with Crippen LogP contribution in [0.4, 0.5) is 5.69 Å². The minimum absolute atomic E-state index is 0.0265. The van der Waals surface area contributed by atoms with Crippen molar-refractivity contribution in [2.45, 2.75) is 12.5 Å². The molecule has 0 spiro atoms. The molecule has 0 radical (unpaired) electrons. The molecule has 0 unspecified atom stereocenters. The second kappa shape index (κ2) is 8.92. The summed E-state index contributed by atoms with van der Waals surface area (Å²) in [6.07, 6.45) is 0. The summed E-state index contributed by atoms with van der Waals surface area (Å²) < 4.78 is 4.86. The van der Waals surface area contributed by atoms with Gasteiger partial charge in [0.05, 0.1) is 0 Å². The Morgan fingerprint density at radius 3 is 2.71 bits per heavy atom. The summed E-state index contributed by atoms with van der Waals surface area (Å²) in [5, 5.41) is 12.6. The van der Waals surface area contributed by atoms with Gasteiger partial charge < -0.3 is 20.1 Å². The van der Waals surface area contributed by atoms with Crippen LogP contribution in [0.15, 0.2) is 36.4 Å². The number of carbonyl (C=O) groups excluding carboxylic acids is 1. The molecule has 148 valence electrons. The highest BCUT2D eigenvalue weighted by molar-refractivity contribution is 6.35. The smallest absolute Gasteiger partial charge is 0.329 e. The van der Waals surface area contributed by atoms with E-state index in [9.17, 15) is 9.59 Å². The fourth-order valence-electron chi connectivity index (χ4n) is 3.44. The molecule has 1 aliphatic rings. The van der Waals surface area contributed by atoms with Gasteiger partial charge in [0.25, 0.3) is 0 Å². The number of halogens is 2. The lowest BCUT2D eigenvalue weighted by atomic mass is 9.84. The lowest BCUT2D eigenvalue weighted by Crippen LogP contribution is -2.32. The Labute approximate surface area is 173 Å². The number of hydrogen-bond acceptors (Lipinski definition) is 4. The number of nitrogens with zero attached hydrogens (tertiary/aromatic N) is 1. The number of ether oxygens (including phenoxy) is 1. The van der Waals surface area contributed by atoms with E-state index in [1.807, 2.05) is 37.4 Å². The first-order valence-electron chi connectivity index (χ1n) is 8.70. The number of likely N-dealkylation sites (N-methyl/N-ethyl adjacent to an activating group) is 1. The lowest BCUT2D eigenvalue weighted by Gasteiger charge is -2.34. The van der Waals surface area contributed by atoms with Crippen molar-refractivity contribution < 1.29 is 19.4 Å². The van der Waals surface area contributed by atoms with Crippen molar-refractivity contribution in [3.8, 4) is 0 Å². The first kappa shape index (κ1) is 20.6. The van der Waals surface area contributed by atoms with Crippen LogP contribution in [0.25, 0.3) is 0 Å². The van der Waals surface area contributed by atoms with Crippen molar-refractivity contribution in [1.82, 2.24) is 4.90 Å². The summed E-state index contributed by atoms with van der Waals surface area (Å²) in [5.41, 5.74) is 3.64. The monoisotopic (exact) mass is 422 g/mol. The second-order valence-corrected chi connectivity index (χ2v) is 7.57. The first-order valence-corrected chi connectivity index (χ1v) is 9.45. The van der Waals surface area contributed by atoms with Gasteiger partial charge in [-0.2, -0.15) is 0 Å². The number of anilines is 1. The summed E-state index contributed by atoms with van der Waals surface area (Å²) in [6, 6.07) is 11.2. The largest absolute Gasteiger partial charge is 0.480 e. The third kappa shape index (κ3) is 4.83. The predicted molar refractivity (Wildman–Crippen MR) is 108 cm³/mol. The third-order valence-corrected chi connectivity index (χ3v) is 5.12. The highest BCUT2D eigenvalue weighted by Gasteiger charge is 2.28. The van der Waals surface area contributed by atoms with E-state index < -0.39 is 18.5 Å². The zero-order valence-electron chi connectivity index (χ0n) is 15.2. The van der Waals surface area contributed by atoms with Crippen LogP contribution < -0.4 is 5.32 Å². The Morgan fingerprint density at radius 2 is 1.96 bits per heavy atom. The van der Waals surface area contributed by atoms with E-state index >= 15 is 0 Å². The van der Waals surface area contributed by atoms with Gasteiger partial charge in [0.15, 0.2) is 0 Å².